The van der Waals surface area contributed by atoms with Crippen LogP contribution in [0.1, 0.15) is 0 Å². The molecule has 101 valence electrons. The summed E-state index contributed by atoms with van der Waals surface area (Å²) in [5.74, 6) is 0. The quantitative estimate of drug-likeness (QED) is 0.348. The van der Waals surface area contributed by atoms with Crippen LogP contribution < -0.4 is 0 Å². The maximum atomic E-state index is 6.25. The van der Waals surface area contributed by atoms with Crippen LogP contribution in [-0.2, 0) is 50.6 Å². The van der Waals surface area contributed by atoms with Crippen LogP contribution in [0.2, 0.25) is 0 Å². The third kappa shape index (κ3) is 1400. The van der Waals surface area contributed by atoms with Crippen LogP contribution in [0, 0.1) is 59.2 Å². The van der Waals surface area contributed by atoms with Crippen molar-refractivity contribution in [2.45, 2.75) is 0 Å². The second kappa shape index (κ2) is 1770. The molecule has 0 bridgehead atoms. The zero-order valence-electron chi connectivity index (χ0n) is 7.16. The van der Waals surface area contributed by atoms with Crippen molar-refractivity contribution in [2.24, 2.45) is 0 Å². The van der Waals surface area contributed by atoms with Gasteiger partial charge in [-0.15, -0.1) is 0 Å². The zero-order chi connectivity index (χ0) is 10.0. The molecule has 0 aliphatic heterocycles. The second-order valence-corrected chi connectivity index (χ2v) is 0. The Bertz CT molecular complexity index is 92.6. The average molecular weight is 370 g/mol. The Morgan fingerprint density at radius 2 is 0.438 bits per heavy atom. The van der Waals surface area contributed by atoms with Crippen molar-refractivity contribution in [2.75, 3.05) is 0 Å². The van der Waals surface area contributed by atoms with Gasteiger partial charge in [0.2, 0.25) is 0 Å². The minimum atomic E-state index is 0. The van der Waals surface area contributed by atoms with E-state index in [1.165, 1.54) is 0 Å². The van der Waals surface area contributed by atoms with E-state index < -0.39 is 0 Å². The Labute approximate surface area is 126 Å². The molecule has 0 atom stereocenters. The fourth-order valence-corrected chi connectivity index (χ4v) is 0. The molecule has 0 spiro atoms. The Morgan fingerprint density at radius 1 is 0.438 bits per heavy atom. The minimum Gasteiger partial charge on any atom is -0.512 e. The predicted octanol–water partition coefficient (Wildman–Crippen LogP) is -2.00. The molecule has 0 saturated heterocycles. The first-order chi connectivity index (χ1) is 5.00. The number of rotatable bonds is 0. The third-order valence-corrected chi connectivity index (χ3v) is 0. The monoisotopic (exact) mass is 368 g/mol. The van der Waals surface area contributed by atoms with E-state index in [0.29, 0.717) is 0 Å². The molecule has 0 rings (SSSR count). The van der Waals surface area contributed by atoms with Crippen molar-refractivity contribution in [3.8, 4) is 0 Å². The van der Waals surface area contributed by atoms with E-state index in [4.69, 9.17) is 59.2 Å². The number of hydrogen-bond acceptors (Lipinski definition) is 5. The molecule has 0 aromatic carbocycles. The number of hydrogen-bond donors (Lipinski definition) is 0. The molecular formula is C5H6Cu2N5NiO3. The molecule has 1 radical (unpaired) electrons. The van der Waals surface area contributed by atoms with Gasteiger partial charge in [-0.3, -0.25) is 0 Å². The Hall–Kier alpha value is -1.14. The Kier molecular flexibility index (Phi) is 21200. The molecule has 0 amide bonds. The summed E-state index contributed by atoms with van der Waals surface area (Å²) in [7, 11) is 0. The van der Waals surface area contributed by atoms with Crippen LogP contribution in [0.4, 0.5) is 0 Å². The van der Waals surface area contributed by atoms with Crippen molar-refractivity contribution in [3.63, 3.8) is 0 Å². The smallest absolute Gasteiger partial charge is 0.512 e. The average Bonchev–Trinajstić information content (AvgIpc) is 2.20. The summed E-state index contributed by atoms with van der Waals surface area (Å²) in [5, 5.41) is 31.2. The molecule has 0 aliphatic carbocycles. The molecule has 0 aromatic heterocycles. The fraction of sp³-hybridized carbons (Fsp3) is 0. The van der Waals surface area contributed by atoms with E-state index in [1.807, 2.05) is 0 Å². The van der Waals surface area contributed by atoms with Gasteiger partial charge in [0.1, 0.15) is 0 Å². The molecule has 0 heterocycles. The number of nitrogens with zero attached hydrogens (tertiary/aromatic N) is 5. The molecule has 8 nitrogen and oxygen atoms in total. The molecular weight excluding hydrogens is 364 g/mol. The van der Waals surface area contributed by atoms with Gasteiger partial charge in [0.15, 0.2) is 0 Å². The van der Waals surface area contributed by atoms with Crippen molar-refractivity contribution in [3.05, 3.63) is 32.9 Å². The normalized spacial score (nSPS) is 0.625. The van der Waals surface area contributed by atoms with Crippen LogP contribution in [0.25, 0.3) is 0 Å². The van der Waals surface area contributed by atoms with Crippen LogP contribution in [-0.4, -0.2) is 16.4 Å². The molecule has 0 unspecified atom stereocenters. The van der Waals surface area contributed by atoms with Crippen LogP contribution in [0.15, 0.2) is 0 Å². The molecule has 0 aromatic rings. The van der Waals surface area contributed by atoms with Gasteiger partial charge in [-0.2, -0.15) is 0 Å². The van der Waals surface area contributed by atoms with Crippen molar-refractivity contribution >= 4 is 0 Å². The standard InChI is InChI=1S/5CN.2Cu.Ni.3H2O/c5*1-2;;;;;;/h;;;;;;;;3*1H2/q5*-1;+1;2*+2;;;. The summed E-state index contributed by atoms with van der Waals surface area (Å²) in [5.41, 5.74) is 0. The third-order valence-electron chi connectivity index (χ3n) is 0. The van der Waals surface area contributed by atoms with Gasteiger partial charge in [0, 0.05) is 0 Å². The largest absolute Gasteiger partial charge is 2.00 e. The van der Waals surface area contributed by atoms with Gasteiger partial charge in [0.05, 0.1) is 0 Å². The van der Waals surface area contributed by atoms with Gasteiger partial charge in [0.25, 0.3) is 0 Å². The maximum Gasteiger partial charge on any atom is 2.00 e. The molecule has 16 heavy (non-hydrogen) atoms. The zero-order valence-corrected chi connectivity index (χ0v) is 10.0. The Balaban J connectivity index is -0.00000000198. The van der Waals surface area contributed by atoms with E-state index in [-0.39, 0.29) is 67.1 Å². The van der Waals surface area contributed by atoms with Crippen LogP contribution >= 0.6 is 0 Å². The first-order valence-electron chi connectivity index (χ1n) is 1.12. The van der Waals surface area contributed by atoms with Crippen LogP contribution in [0.5, 0.6) is 0 Å². The predicted molar refractivity (Wildman–Crippen MR) is 35.7 cm³/mol. The van der Waals surface area contributed by atoms with Crippen molar-refractivity contribution < 1.29 is 67.1 Å². The van der Waals surface area contributed by atoms with Gasteiger partial charge < -0.3 is 75.6 Å². The van der Waals surface area contributed by atoms with E-state index in [9.17, 15) is 0 Å². The summed E-state index contributed by atoms with van der Waals surface area (Å²) < 4.78 is 0. The van der Waals surface area contributed by atoms with Gasteiger partial charge in [-0.05, 0) is 0 Å². The minimum absolute atomic E-state index is 0. The van der Waals surface area contributed by atoms with Crippen LogP contribution in [0.3, 0.4) is 0 Å². The molecule has 0 saturated carbocycles. The summed E-state index contributed by atoms with van der Waals surface area (Å²) in [6.45, 7) is 23.8. The summed E-state index contributed by atoms with van der Waals surface area (Å²) in [6, 6.07) is 0. The van der Waals surface area contributed by atoms with E-state index in [2.05, 4.69) is 0 Å². The van der Waals surface area contributed by atoms with E-state index in [0.717, 1.165) is 0 Å². The maximum absolute atomic E-state index is 6.25. The first-order valence-corrected chi connectivity index (χ1v) is 1.12. The van der Waals surface area contributed by atoms with E-state index >= 15 is 0 Å². The SMILES string of the molecule is O.O.O.[C-]#N.[C-]#N.[C-]#N.[C-]#N.[C-]#N.[Cu+2].[Cu+].[Ni+2]. The fourth-order valence-electron chi connectivity index (χ4n) is 0. The van der Waals surface area contributed by atoms with Gasteiger partial charge >= 0.3 is 50.6 Å². The second-order valence-electron chi connectivity index (χ2n) is 0. The topological polar surface area (TPSA) is 213 Å². The molecule has 0 fully saturated rings. The van der Waals surface area contributed by atoms with Crippen molar-refractivity contribution in [1.29, 1.82) is 26.3 Å². The van der Waals surface area contributed by atoms with Gasteiger partial charge in [-0.25, -0.2) is 0 Å². The van der Waals surface area contributed by atoms with Gasteiger partial charge in [-0.1, -0.05) is 0 Å². The molecule has 6 N–H and O–H groups in total. The molecule has 0 aliphatic rings. The first kappa shape index (κ1) is 191. The van der Waals surface area contributed by atoms with Crippen molar-refractivity contribution in [1.82, 2.24) is 0 Å². The Morgan fingerprint density at radius 3 is 0.438 bits per heavy atom. The van der Waals surface area contributed by atoms with E-state index in [1.54, 1.807) is 0 Å². The summed E-state index contributed by atoms with van der Waals surface area (Å²) >= 11 is 0. The summed E-state index contributed by atoms with van der Waals surface area (Å²) in [6.07, 6.45) is 0. The summed E-state index contributed by atoms with van der Waals surface area (Å²) in [4.78, 5) is 0. The molecule has 11 heteroatoms.